The van der Waals surface area contributed by atoms with Gasteiger partial charge in [0, 0.05) is 16.5 Å². The SMILES string of the molecule is Cc1ccc([C@]2(O)CN(c3ccc(Br)cc3)C3=[N+]2CCCCC3)cc1. The Kier molecular flexibility index (Phi) is 4.42. The molecule has 0 saturated carbocycles. The predicted octanol–water partition coefficient (Wildman–Crippen LogP) is 4.41. The number of hydrogen-bond donors (Lipinski definition) is 1. The first kappa shape index (κ1) is 16.8. The van der Waals surface area contributed by atoms with Crippen LogP contribution in [0.1, 0.15) is 36.8 Å². The minimum atomic E-state index is -0.958. The lowest BCUT2D eigenvalue weighted by Crippen LogP contribution is -2.41. The summed E-state index contributed by atoms with van der Waals surface area (Å²) >= 11 is 3.52. The molecule has 2 aliphatic heterocycles. The lowest BCUT2D eigenvalue weighted by molar-refractivity contribution is -0.658. The molecule has 4 heteroatoms. The van der Waals surface area contributed by atoms with E-state index in [2.05, 4.69) is 80.9 Å². The standard InChI is InChI=1S/C21H24BrN2O/c1-16-6-8-17(9-7-16)21(25)15-23(19-12-10-18(22)11-13-19)20-5-3-2-4-14-24(20)21/h6-13,25H,2-5,14-15H2,1H3/q+1/t21-/m1/s1. The van der Waals surface area contributed by atoms with Gasteiger partial charge in [-0.3, -0.25) is 0 Å². The highest BCUT2D eigenvalue weighted by atomic mass is 79.9. The third kappa shape index (κ3) is 3.02. The zero-order chi connectivity index (χ0) is 17.4. The highest BCUT2D eigenvalue weighted by Gasteiger charge is 2.51. The first-order valence-electron chi connectivity index (χ1n) is 9.04. The number of anilines is 1. The van der Waals surface area contributed by atoms with E-state index < -0.39 is 5.72 Å². The Bertz CT molecular complexity index is 798. The van der Waals surface area contributed by atoms with Gasteiger partial charge in [-0.15, -0.1) is 0 Å². The average molecular weight is 400 g/mol. The summed E-state index contributed by atoms with van der Waals surface area (Å²) in [5.41, 5.74) is 2.39. The third-order valence-electron chi connectivity index (χ3n) is 5.38. The molecule has 2 aromatic carbocycles. The topological polar surface area (TPSA) is 26.5 Å². The van der Waals surface area contributed by atoms with E-state index in [9.17, 15) is 5.11 Å². The molecule has 0 fully saturated rings. The van der Waals surface area contributed by atoms with Gasteiger partial charge in [-0.05, 0) is 50.5 Å². The molecule has 0 bridgehead atoms. The Morgan fingerprint density at radius 2 is 1.72 bits per heavy atom. The van der Waals surface area contributed by atoms with Crippen molar-refractivity contribution in [3.05, 3.63) is 64.1 Å². The second-order valence-electron chi connectivity index (χ2n) is 7.12. The molecule has 3 nitrogen and oxygen atoms in total. The van der Waals surface area contributed by atoms with Gasteiger partial charge < -0.3 is 5.11 Å². The molecule has 4 rings (SSSR count). The molecule has 130 valence electrons. The summed E-state index contributed by atoms with van der Waals surface area (Å²) in [6.07, 6.45) is 4.55. The van der Waals surface area contributed by atoms with Gasteiger partial charge in [0.2, 0.25) is 0 Å². The van der Waals surface area contributed by atoms with E-state index in [4.69, 9.17) is 0 Å². The van der Waals surface area contributed by atoms with Crippen LogP contribution in [0, 0.1) is 6.92 Å². The van der Waals surface area contributed by atoms with Crippen LogP contribution < -0.4 is 4.90 Å². The zero-order valence-corrected chi connectivity index (χ0v) is 16.2. The molecule has 2 aromatic rings. The first-order chi connectivity index (χ1) is 12.1. The van der Waals surface area contributed by atoms with E-state index in [1.807, 2.05) is 0 Å². The van der Waals surface area contributed by atoms with Gasteiger partial charge in [0.1, 0.15) is 5.69 Å². The van der Waals surface area contributed by atoms with Gasteiger partial charge in [-0.25, -0.2) is 9.48 Å². The number of aliphatic hydroxyl groups is 1. The molecule has 0 unspecified atom stereocenters. The molecule has 0 aromatic heterocycles. The van der Waals surface area contributed by atoms with E-state index in [1.165, 1.54) is 24.2 Å². The fourth-order valence-electron chi connectivity index (χ4n) is 4.00. The van der Waals surface area contributed by atoms with Crippen molar-refractivity contribution in [1.82, 2.24) is 0 Å². The largest absolute Gasteiger partial charge is 0.346 e. The molecule has 0 aliphatic carbocycles. The van der Waals surface area contributed by atoms with Crippen molar-refractivity contribution >= 4 is 27.5 Å². The van der Waals surface area contributed by atoms with Crippen LogP contribution >= 0.6 is 15.9 Å². The second kappa shape index (κ2) is 6.58. The minimum absolute atomic E-state index is 0.576. The van der Waals surface area contributed by atoms with E-state index in [-0.39, 0.29) is 0 Å². The van der Waals surface area contributed by atoms with Gasteiger partial charge in [-0.1, -0.05) is 45.8 Å². The van der Waals surface area contributed by atoms with Crippen molar-refractivity contribution in [2.24, 2.45) is 0 Å². The lowest BCUT2D eigenvalue weighted by atomic mass is 10.0. The summed E-state index contributed by atoms with van der Waals surface area (Å²) in [6, 6.07) is 16.7. The highest BCUT2D eigenvalue weighted by Crippen LogP contribution is 2.35. The molecular formula is C21H24BrN2O+. The molecule has 0 radical (unpaired) electrons. The Morgan fingerprint density at radius 1 is 1.00 bits per heavy atom. The summed E-state index contributed by atoms with van der Waals surface area (Å²) in [5.74, 6) is 1.25. The van der Waals surface area contributed by atoms with Crippen molar-refractivity contribution in [3.8, 4) is 0 Å². The molecule has 2 aliphatic rings. The number of aryl methyl sites for hydroxylation is 1. The average Bonchev–Trinajstić information content (AvgIpc) is 2.78. The number of benzene rings is 2. The molecule has 0 saturated heterocycles. The summed E-state index contributed by atoms with van der Waals surface area (Å²) in [5, 5.41) is 11.7. The minimum Gasteiger partial charge on any atom is -0.346 e. The summed E-state index contributed by atoms with van der Waals surface area (Å²) in [7, 11) is 0. The Labute approximate surface area is 157 Å². The third-order valence-corrected chi connectivity index (χ3v) is 5.91. The van der Waals surface area contributed by atoms with Crippen molar-refractivity contribution in [1.29, 1.82) is 0 Å². The fourth-order valence-corrected chi connectivity index (χ4v) is 4.26. The van der Waals surface area contributed by atoms with Crippen molar-refractivity contribution in [2.45, 2.75) is 38.3 Å². The van der Waals surface area contributed by atoms with Crippen LogP contribution in [0.4, 0.5) is 5.69 Å². The molecule has 1 atom stereocenters. The summed E-state index contributed by atoms with van der Waals surface area (Å²) < 4.78 is 3.32. The summed E-state index contributed by atoms with van der Waals surface area (Å²) in [4.78, 5) is 2.30. The van der Waals surface area contributed by atoms with Crippen LogP contribution in [0.25, 0.3) is 0 Å². The van der Waals surface area contributed by atoms with Crippen LogP contribution in [-0.2, 0) is 5.72 Å². The van der Waals surface area contributed by atoms with E-state index >= 15 is 0 Å². The molecule has 0 spiro atoms. The van der Waals surface area contributed by atoms with Crippen molar-refractivity contribution in [3.63, 3.8) is 0 Å². The van der Waals surface area contributed by atoms with Gasteiger partial charge in [-0.2, -0.15) is 0 Å². The number of nitrogens with zero attached hydrogens (tertiary/aromatic N) is 2. The zero-order valence-electron chi connectivity index (χ0n) is 14.6. The molecular weight excluding hydrogens is 376 g/mol. The van der Waals surface area contributed by atoms with Crippen LogP contribution in [0.2, 0.25) is 0 Å². The maximum absolute atomic E-state index is 11.7. The maximum Gasteiger partial charge on any atom is 0.271 e. The maximum atomic E-state index is 11.7. The second-order valence-corrected chi connectivity index (χ2v) is 8.04. The normalized spacial score (nSPS) is 23.6. The lowest BCUT2D eigenvalue weighted by Gasteiger charge is -2.23. The van der Waals surface area contributed by atoms with E-state index in [0.29, 0.717) is 6.54 Å². The van der Waals surface area contributed by atoms with Crippen LogP contribution in [0.3, 0.4) is 0 Å². The number of β-amino-alcohol motifs (C(OH)–C–C–N with tert-alkyl or cyclic N) is 1. The number of halogens is 1. The summed E-state index contributed by atoms with van der Waals surface area (Å²) in [6.45, 7) is 3.57. The van der Waals surface area contributed by atoms with Gasteiger partial charge in [0.05, 0.1) is 6.54 Å². The van der Waals surface area contributed by atoms with Gasteiger partial charge in [0.15, 0.2) is 6.54 Å². The van der Waals surface area contributed by atoms with E-state index in [0.717, 1.165) is 35.1 Å². The van der Waals surface area contributed by atoms with Crippen LogP contribution in [0.15, 0.2) is 53.0 Å². The molecule has 0 amide bonds. The number of rotatable bonds is 2. The number of amidine groups is 1. The smallest absolute Gasteiger partial charge is 0.271 e. The number of hydrogen-bond acceptors (Lipinski definition) is 2. The van der Waals surface area contributed by atoms with Crippen molar-refractivity contribution < 1.29 is 9.68 Å². The van der Waals surface area contributed by atoms with Gasteiger partial charge in [0.25, 0.3) is 11.6 Å². The Balaban J connectivity index is 1.79. The first-order valence-corrected chi connectivity index (χ1v) is 9.83. The van der Waals surface area contributed by atoms with Crippen molar-refractivity contribution in [2.75, 3.05) is 18.0 Å². The van der Waals surface area contributed by atoms with E-state index in [1.54, 1.807) is 0 Å². The monoisotopic (exact) mass is 399 g/mol. The van der Waals surface area contributed by atoms with Crippen LogP contribution in [-0.4, -0.2) is 28.6 Å². The Hall–Kier alpha value is -1.65. The van der Waals surface area contributed by atoms with Crippen LogP contribution in [0.5, 0.6) is 0 Å². The molecule has 2 heterocycles. The quantitative estimate of drug-likeness (QED) is 0.756. The molecule has 1 N–H and O–H groups in total. The predicted molar refractivity (Wildman–Crippen MR) is 105 cm³/mol. The molecule has 25 heavy (non-hydrogen) atoms. The Morgan fingerprint density at radius 3 is 2.44 bits per heavy atom. The van der Waals surface area contributed by atoms with Gasteiger partial charge >= 0.3 is 0 Å². The fraction of sp³-hybridized carbons (Fsp3) is 0.381. The highest BCUT2D eigenvalue weighted by molar-refractivity contribution is 9.10.